The number of benzene rings is 2. The van der Waals surface area contributed by atoms with Gasteiger partial charge in [-0.15, -0.1) is 0 Å². The summed E-state index contributed by atoms with van der Waals surface area (Å²) < 4.78 is 25.4. The standard InChI is InChI=1S/C20H21N3O3S/c1-13-7-5-6-8-16(13)17-12-19(23(3)22-17)21-20(24)15-10-9-14(2)18(11-15)27(4,25)26/h5-12H,1-4H3,(H,21,24). The molecule has 0 atom stereocenters. The molecule has 3 aromatic rings. The van der Waals surface area contributed by atoms with Gasteiger partial charge in [-0.3, -0.25) is 9.48 Å². The number of hydrogen-bond donors (Lipinski definition) is 1. The SMILES string of the molecule is Cc1ccccc1-c1cc(NC(=O)c2ccc(C)c(S(C)(=O)=O)c2)n(C)n1. The quantitative estimate of drug-likeness (QED) is 0.749. The van der Waals surface area contributed by atoms with Crippen molar-refractivity contribution < 1.29 is 13.2 Å². The predicted molar refractivity (Wildman–Crippen MR) is 106 cm³/mol. The van der Waals surface area contributed by atoms with Gasteiger partial charge in [-0.2, -0.15) is 5.10 Å². The summed E-state index contributed by atoms with van der Waals surface area (Å²) >= 11 is 0. The van der Waals surface area contributed by atoms with Gasteiger partial charge < -0.3 is 5.32 Å². The zero-order valence-electron chi connectivity index (χ0n) is 15.6. The van der Waals surface area contributed by atoms with Crippen molar-refractivity contribution in [3.8, 4) is 11.3 Å². The monoisotopic (exact) mass is 383 g/mol. The second kappa shape index (κ2) is 7.00. The second-order valence-electron chi connectivity index (χ2n) is 6.56. The fourth-order valence-electron chi connectivity index (χ4n) is 2.91. The molecule has 0 fully saturated rings. The maximum atomic E-state index is 12.6. The van der Waals surface area contributed by atoms with Crippen LogP contribution < -0.4 is 5.32 Å². The highest BCUT2D eigenvalue weighted by Crippen LogP contribution is 2.25. The second-order valence-corrected chi connectivity index (χ2v) is 8.54. The van der Waals surface area contributed by atoms with E-state index in [9.17, 15) is 13.2 Å². The zero-order valence-corrected chi connectivity index (χ0v) is 16.5. The van der Waals surface area contributed by atoms with Crippen LogP contribution in [0, 0.1) is 13.8 Å². The number of nitrogens with zero attached hydrogens (tertiary/aromatic N) is 2. The summed E-state index contributed by atoms with van der Waals surface area (Å²) in [6.45, 7) is 3.70. The highest BCUT2D eigenvalue weighted by molar-refractivity contribution is 7.90. The highest BCUT2D eigenvalue weighted by Gasteiger charge is 2.16. The van der Waals surface area contributed by atoms with Crippen molar-refractivity contribution in [3.05, 3.63) is 65.2 Å². The van der Waals surface area contributed by atoms with Crippen LogP contribution in [-0.4, -0.2) is 30.4 Å². The molecule has 6 nitrogen and oxygen atoms in total. The third-order valence-electron chi connectivity index (χ3n) is 4.39. The van der Waals surface area contributed by atoms with Gasteiger partial charge in [-0.05, 0) is 37.1 Å². The fraction of sp³-hybridized carbons (Fsp3) is 0.200. The molecule has 0 unspecified atom stereocenters. The van der Waals surface area contributed by atoms with Crippen LogP contribution in [0.4, 0.5) is 5.82 Å². The number of sulfone groups is 1. The lowest BCUT2D eigenvalue weighted by molar-refractivity contribution is 0.102. The molecule has 2 aromatic carbocycles. The van der Waals surface area contributed by atoms with Crippen LogP contribution in [0.5, 0.6) is 0 Å². The first kappa shape index (κ1) is 18.8. The molecule has 3 rings (SSSR count). The first-order valence-corrected chi connectivity index (χ1v) is 10.3. The average Bonchev–Trinajstić information content (AvgIpc) is 2.95. The number of rotatable bonds is 4. The van der Waals surface area contributed by atoms with Crippen molar-refractivity contribution in [2.45, 2.75) is 18.7 Å². The summed E-state index contributed by atoms with van der Waals surface area (Å²) in [6, 6.07) is 14.3. The first-order valence-electron chi connectivity index (χ1n) is 8.39. The minimum atomic E-state index is -3.40. The van der Waals surface area contributed by atoms with E-state index in [2.05, 4.69) is 10.4 Å². The molecule has 1 heterocycles. The smallest absolute Gasteiger partial charge is 0.256 e. The van der Waals surface area contributed by atoms with E-state index < -0.39 is 9.84 Å². The van der Waals surface area contributed by atoms with Crippen molar-refractivity contribution in [2.75, 3.05) is 11.6 Å². The number of aromatic nitrogens is 2. The van der Waals surface area contributed by atoms with E-state index in [0.717, 1.165) is 23.1 Å². The number of carbonyl (C=O) groups is 1. The number of hydrogen-bond acceptors (Lipinski definition) is 4. The highest BCUT2D eigenvalue weighted by atomic mass is 32.2. The molecule has 1 N–H and O–H groups in total. The van der Waals surface area contributed by atoms with Gasteiger partial charge in [0, 0.05) is 30.5 Å². The Labute approximate surface area is 158 Å². The van der Waals surface area contributed by atoms with E-state index in [0.29, 0.717) is 11.4 Å². The molecule has 27 heavy (non-hydrogen) atoms. The van der Waals surface area contributed by atoms with Crippen molar-refractivity contribution in [1.82, 2.24) is 9.78 Å². The molecule has 0 aliphatic carbocycles. The third-order valence-corrected chi connectivity index (χ3v) is 5.63. The molecule has 0 spiro atoms. The zero-order chi connectivity index (χ0) is 19.8. The van der Waals surface area contributed by atoms with Crippen molar-refractivity contribution in [1.29, 1.82) is 0 Å². The molecule has 0 aliphatic rings. The van der Waals surface area contributed by atoms with Crippen LogP contribution in [0.2, 0.25) is 0 Å². The van der Waals surface area contributed by atoms with Crippen LogP contribution in [0.1, 0.15) is 21.5 Å². The van der Waals surface area contributed by atoms with E-state index in [-0.39, 0.29) is 16.4 Å². The van der Waals surface area contributed by atoms with Gasteiger partial charge in [-0.25, -0.2) is 8.42 Å². The molecular weight excluding hydrogens is 362 g/mol. The van der Waals surface area contributed by atoms with Crippen LogP contribution in [0.15, 0.2) is 53.4 Å². The number of anilines is 1. The Kier molecular flexibility index (Phi) is 4.89. The van der Waals surface area contributed by atoms with E-state index >= 15 is 0 Å². The Morgan fingerprint density at radius 1 is 1.04 bits per heavy atom. The minimum Gasteiger partial charge on any atom is -0.307 e. The normalized spacial score (nSPS) is 11.4. The molecule has 0 radical (unpaired) electrons. The number of carbonyl (C=O) groups excluding carboxylic acids is 1. The lowest BCUT2D eigenvalue weighted by Crippen LogP contribution is -2.15. The largest absolute Gasteiger partial charge is 0.307 e. The van der Waals surface area contributed by atoms with Crippen molar-refractivity contribution >= 4 is 21.6 Å². The van der Waals surface area contributed by atoms with Gasteiger partial charge in [0.2, 0.25) is 0 Å². The Morgan fingerprint density at radius 2 is 1.74 bits per heavy atom. The molecule has 1 amide bonds. The van der Waals surface area contributed by atoms with E-state index in [1.807, 2.05) is 31.2 Å². The Bertz CT molecular complexity index is 1130. The molecule has 0 aliphatic heterocycles. The van der Waals surface area contributed by atoms with Crippen LogP contribution >= 0.6 is 0 Å². The van der Waals surface area contributed by atoms with E-state index in [1.165, 1.54) is 6.07 Å². The molecular formula is C20H21N3O3S. The lowest BCUT2D eigenvalue weighted by atomic mass is 10.1. The molecule has 0 saturated carbocycles. The summed E-state index contributed by atoms with van der Waals surface area (Å²) in [4.78, 5) is 12.8. The molecule has 0 saturated heterocycles. The summed E-state index contributed by atoms with van der Waals surface area (Å²) in [5, 5.41) is 7.27. The van der Waals surface area contributed by atoms with E-state index in [4.69, 9.17) is 0 Å². The fourth-order valence-corrected chi connectivity index (χ4v) is 3.90. The Morgan fingerprint density at radius 3 is 2.41 bits per heavy atom. The van der Waals surface area contributed by atoms with Crippen LogP contribution in [0.25, 0.3) is 11.3 Å². The lowest BCUT2D eigenvalue weighted by Gasteiger charge is -2.08. The molecule has 140 valence electrons. The van der Waals surface area contributed by atoms with Crippen molar-refractivity contribution in [2.24, 2.45) is 7.05 Å². The van der Waals surface area contributed by atoms with Gasteiger partial charge in [-0.1, -0.05) is 30.3 Å². The molecule has 0 bridgehead atoms. The third kappa shape index (κ3) is 3.93. The van der Waals surface area contributed by atoms with Crippen LogP contribution in [0.3, 0.4) is 0 Å². The van der Waals surface area contributed by atoms with Gasteiger partial charge in [0.25, 0.3) is 5.91 Å². The Balaban J connectivity index is 1.91. The Hall–Kier alpha value is -2.93. The van der Waals surface area contributed by atoms with Crippen molar-refractivity contribution in [3.63, 3.8) is 0 Å². The maximum Gasteiger partial charge on any atom is 0.256 e. The van der Waals surface area contributed by atoms with Gasteiger partial charge in [0.1, 0.15) is 5.82 Å². The van der Waals surface area contributed by atoms with Gasteiger partial charge in [0.05, 0.1) is 10.6 Å². The van der Waals surface area contributed by atoms with Crippen LogP contribution in [-0.2, 0) is 16.9 Å². The molecule has 1 aromatic heterocycles. The topological polar surface area (TPSA) is 81.1 Å². The number of aryl methyl sites for hydroxylation is 3. The summed E-state index contributed by atoms with van der Waals surface area (Å²) in [7, 11) is -1.66. The molecule has 7 heteroatoms. The maximum absolute atomic E-state index is 12.6. The van der Waals surface area contributed by atoms with E-state index in [1.54, 1.807) is 36.9 Å². The summed E-state index contributed by atoms with van der Waals surface area (Å²) in [5.41, 5.74) is 3.72. The van der Waals surface area contributed by atoms with Gasteiger partial charge in [0.15, 0.2) is 9.84 Å². The average molecular weight is 383 g/mol. The number of amides is 1. The minimum absolute atomic E-state index is 0.153. The summed E-state index contributed by atoms with van der Waals surface area (Å²) in [6.07, 6.45) is 1.13. The van der Waals surface area contributed by atoms with Gasteiger partial charge >= 0.3 is 0 Å². The first-order chi connectivity index (χ1) is 12.7. The predicted octanol–water partition coefficient (Wildman–Crippen LogP) is 3.36. The summed E-state index contributed by atoms with van der Waals surface area (Å²) in [5.74, 6) is 0.138. The number of nitrogens with one attached hydrogen (secondary N) is 1.